The van der Waals surface area contributed by atoms with Crippen LogP contribution < -0.4 is 0 Å². The highest BCUT2D eigenvalue weighted by Crippen LogP contribution is 2.38. The minimum atomic E-state index is -2.11. The zero-order valence-corrected chi connectivity index (χ0v) is 36.9. The van der Waals surface area contributed by atoms with E-state index in [1.165, 1.54) is 6.92 Å². The lowest BCUT2D eigenvalue weighted by Crippen LogP contribution is -2.68. The van der Waals surface area contributed by atoms with Crippen LogP contribution in [-0.2, 0) is 66.6 Å². The van der Waals surface area contributed by atoms with Gasteiger partial charge >= 0.3 is 5.97 Å². The summed E-state index contributed by atoms with van der Waals surface area (Å²) < 4.78 is 57.5. The number of rotatable bonds is 19. The van der Waals surface area contributed by atoms with Crippen molar-refractivity contribution in [1.29, 1.82) is 0 Å². The first-order valence-corrected chi connectivity index (χ1v) is 22.2. The lowest BCUT2D eigenvalue weighted by atomic mass is 9.90. The van der Waals surface area contributed by atoms with Crippen LogP contribution in [0.1, 0.15) is 32.6 Å². The fourth-order valence-corrected chi connectivity index (χ4v) is 8.57. The predicted molar refractivity (Wildman–Crippen MR) is 210 cm³/mol. The minimum Gasteiger partial charge on any atom is -0.394 e. The van der Waals surface area contributed by atoms with Crippen molar-refractivity contribution in [2.24, 2.45) is 5.92 Å². The fourth-order valence-electron chi connectivity index (χ4n) is 8.57. The van der Waals surface area contributed by atoms with Crippen molar-refractivity contribution in [2.45, 2.75) is 180 Å². The second-order valence-electron chi connectivity index (χ2n) is 17.3. The Kier molecular flexibility index (Phi) is 19.9. The maximum Gasteiger partial charge on any atom is 0.333 e. The quantitative estimate of drug-likeness (QED) is 0.0422. The summed E-state index contributed by atoms with van der Waals surface area (Å²) in [6, 6.07) is 0. The molecule has 0 aromatic rings. The molecule has 25 atom stereocenters. The first-order chi connectivity index (χ1) is 32.8. The monoisotopic (exact) mass is 1010 g/mol. The molecule has 0 bridgehead atoms. The summed E-state index contributed by atoms with van der Waals surface area (Å²) >= 11 is 0. The number of aliphatic hydroxyl groups is 15. The molecule has 0 spiro atoms. The van der Waals surface area contributed by atoms with Crippen molar-refractivity contribution in [3.63, 3.8) is 0 Å². The van der Waals surface area contributed by atoms with Gasteiger partial charge < -0.3 is 129 Å². The third-order valence-corrected chi connectivity index (χ3v) is 12.7. The number of amides is 2. The lowest BCUT2D eigenvalue weighted by molar-refractivity contribution is -0.405. The SMILES string of the molecule is C[C@H]1C(CO)O[C@H](OC2C(O)[C@@H](OCCCC(=O)ON3C(=O)CCC3=O)OC(CO)[C@@H]2O)C(O)C1O[C@H]1OC(CO)[C@H](O)C(O)C1O[C@H]1OC(CO)[C@@H](O)C(O)C1O[C@H]1OC(CO)[C@@H](O)C(O)C1O. The number of carbonyl (C=O) groups excluding carboxylic acids is 3. The molecule has 6 aliphatic rings. The smallest absolute Gasteiger partial charge is 0.333 e. The molecule has 6 saturated heterocycles. The van der Waals surface area contributed by atoms with Gasteiger partial charge in [-0.2, -0.15) is 0 Å². The van der Waals surface area contributed by atoms with Crippen LogP contribution in [0.15, 0.2) is 0 Å². The predicted octanol–water partition coefficient (Wildman–Crippen LogP) is -10.2. The van der Waals surface area contributed by atoms with Crippen molar-refractivity contribution >= 4 is 17.8 Å². The van der Waals surface area contributed by atoms with Crippen LogP contribution in [0, 0.1) is 5.92 Å². The molecule has 0 aromatic carbocycles. The van der Waals surface area contributed by atoms with Crippen LogP contribution in [0.25, 0.3) is 0 Å². The maximum atomic E-state index is 12.2. The summed E-state index contributed by atoms with van der Waals surface area (Å²) in [5.41, 5.74) is 0. The fraction of sp³-hybridized carbons (Fsp3) is 0.923. The molecule has 6 fully saturated rings. The zero-order chi connectivity index (χ0) is 50.6. The van der Waals surface area contributed by atoms with Crippen molar-refractivity contribution < 1.29 is 143 Å². The van der Waals surface area contributed by atoms with Crippen LogP contribution in [-0.4, -0.2) is 287 Å². The van der Waals surface area contributed by atoms with Gasteiger partial charge in [0.15, 0.2) is 31.5 Å². The Hall–Kier alpha value is -2.39. The Labute approximate surface area is 391 Å². The van der Waals surface area contributed by atoms with Crippen LogP contribution in [0.3, 0.4) is 0 Å². The second-order valence-corrected chi connectivity index (χ2v) is 17.3. The van der Waals surface area contributed by atoms with Crippen LogP contribution in [0.2, 0.25) is 0 Å². The summed E-state index contributed by atoms with van der Waals surface area (Å²) in [5.74, 6) is -3.37. The molecule has 69 heavy (non-hydrogen) atoms. The summed E-state index contributed by atoms with van der Waals surface area (Å²) in [6.45, 7) is -3.31. The van der Waals surface area contributed by atoms with E-state index in [1.54, 1.807) is 0 Å². The average Bonchev–Trinajstić information content (AvgIpc) is 3.65. The molecule has 0 aromatic heterocycles. The molecule has 0 aliphatic carbocycles. The lowest BCUT2D eigenvalue weighted by Gasteiger charge is -2.50. The van der Waals surface area contributed by atoms with E-state index in [0.717, 1.165) is 0 Å². The van der Waals surface area contributed by atoms with Gasteiger partial charge in [-0.15, -0.1) is 5.06 Å². The molecular formula is C39H63NO29. The van der Waals surface area contributed by atoms with Gasteiger partial charge in [-0.3, -0.25) is 9.59 Å². The molecular weight excluding hydrogens is 946 g/mol. The molecule has 2 amide bonds. The number of ether oxygens (including phenoxy) is 10. The Morgan fingerprint density at radius 1 is 0.478 bits per heavy atom. The van der Waals surface area contributed by atoms with E-state index in [-0.39, 0.29) is 32.3 Å². The first-order valence-electron chi connectivity index (χ1n) is 22.2. The van der Waals surface area contributed by atoms with Gasteiger partial charge in [0.2, 0.25) is 0 Å². The van der Waals surface area contributed by atoms with E-state index >= 15 is 0 Å². The number of hydrogen-bond acceptors (Lipinski definition) is 29. The summed E-state index contributed by atoms with van der Waals surface area (Å²) in [7, 11) is 0. The Bertz CT molecular complexity index is 1650. The van der Waals surface area contributed by atoms with E-state index in [1.807, 2.05) is 0 Å². The highest BCUT2D eigenvalue weighted by Gasteiger charge is 2.57. The normalized spacial score (nSPS) is 46.6. The molecule has 0 radical (unpaired) electrons. The van der Waals surface area contributed by atoms with E-state index in [4.69, 9.17) is 52.2 Å². The van der Waals surface area contributed by atoms with Crippen LogP contribution in [0.4, 0.5) is 0 Å². The van der Waals surface area contributed by atoms with Crippen molar-refractivity contribution in [3.05, 3.63) is 0 Å². The number of imide groups is 1. The van der Waals surface area contributed by atoms with Gasteiger partial charge in [-0.1, -0.05) is 6.92 Å². The third kappa shape index (κ3) is 12.2. The highest BCUT2D eigenvalue weighted by molar-refractivity contribution is 6.01. The van der Waals surface area contributed by atoms with Crippen molar-refractivity contribution in [2.75, 3.05) is 39.6 Å². The van der Waals surface area contributed by atoms with Gasteiger partial charge in [0, 0.05) is 18.8 Å². The number of hydroxylamine groups is 2. The second kappa shape index (κ2) is 24.6. The van der Waals surface area contributed by atoms with Crippen molar-refractivity contribution in [3.8, 4) is 0 Å². The molecule has 6 rings (SSSR count). The van der Waals surface area contributed by atoms with E-state index in [2.05, 4.69) is 0 Å². The van der Waals surface area contributed by atoms with E-state index in [9.17, 15) is 91.0 Å². The van der Waals surface area contributed by atoms with Gasteiger partial charge in [0.1, 0.15) is 104 Å². The highest BCUT2D eigenvalue weighted by atomic mass is 16.8. The third-order valence-electron chi connectivity index (χ3n) is 12.7. The number of carbonyl (C=O) groups is 3. The van der Waals surface area contributed by atoms with E-state index in [0.29, 0.717) is 5.06 Å². The van der Waals surface area contributed by atoms with Crippen molar-refractivity contribution in [1.82, 2.24) is 5.06 Å². The van der Waals surface area contributed by atoms with Crippen LogP contribution >= 0.6 is 0 Å². The molecule has 15 unspecified atom stereocenters. The molecule has 6 heterocycles. The molecule has 398 valence electrons. The maximum absolute atomic E-state index is 12.2. The Balaban J connectivity index is 1.18. The topological polar surface area (TPSA) is 459 Å². The number of aliphatic hydroxyl groups excluding tert-OH is 15. The standard InChI is InChI=1S/C39H63NO29/c1-12-13(7-41)60-37(66-32-24(52)17(11-45)61-35(30(32)58)59-6-2-3-20(48)69-40-18(46)4-5-19(40)47)29(57)31(12)65-38-34(27(55)23(51)15(9-43)63-38)68-39-33(26(54)22(50)16(10-44)64-39)67-36-28(56)25(53)21(49)14(8-42)62-36/h12-17,21-39,41-45,49-58H,2-11H2,1H3/t12-,13?,14?,15?,16?,17?,21+,22+,23-,24-,25?,26?,27?,28?,29?,30?,31?,32?,33?,34?,35-,36+,37+,38+,39+/m0/s1. The van der Waals surface area contributed by atoms with Crippen LogP contribution in [0.5, 0.6) is 0 Å². The Morgan fingerprint density at radius 3 is 1.39 bits per heavy atom. The molecule has 15 N–H and O–H groups in total. The summed E-state index contributed by atoms with van der Waals surface area (Å²) in [5, 5.41) is 160. The van der Waals surface area contributed by atoms with Gasteiger partial charge in [0.05, 0.1) is 58.3 Å². The average molecular weight is 1010 g/mol. The van der Waals surface area contributed by atoms with Gasteiger partial charge in [0.25, 0.3) is 11.8 Å². The zero-order valence-electron chi connectivity index (χ0n) is 36.9. The summed E-state index contributed by atoms with van der Waals surface area (Å²) in [6.07, 6.45) is -44.9. The molecule has 30 nitrogen and oxygen atoms in total. The largest absolute Gasteiger partial charge is 0.394 e. The van der Waals surface area contributed by atoms with Gasteiger partial charge in [-0.25, -0.2) is 4.79 Å². The minimum absolute atomic E-state index is 0.0980. The summed E-state index contributed by atoms with van der Waals surface area (Å²) in [4.78, 5) is 40.6. The number of nitrogens with zero attached hydrogens (tertiary/aromatic N) is 1. The first kappa shape index (κ1) is 55.9. The van der Waals surface area contributed by atoms with Gasteiger partial charge in [-0.05, 0) is 6.42 Å². The molecule has 6 aliphatic heterocycles. The van der Waals surface area contributed by atoms with E-state index < -0.39 is 204 Å². The molecule has 0 saturated carbocycles. The molecule has 30 heteroatoms. The number of hydrogen-bond donors (Lipinski definition) is 15. The Morgan fingerprint density at radius 2 is 0.870 bits per heavy atom.